The van der Waals surface area contributed by atoms with Gasteiger partial charge in [0.1, 0.15) is 24.0 Å². The van der Waals surface area contributed by atoms with E-state index in [2.05, 4.69) is 4.90 Å². The molecule has 4 rings (SSSR count). The van der Waals surface area contributed by atoms with Gasteiger partial charge in [0.15, 0.2) is 0 Å². The van der Waals surface area contributed by atoms with Crippen LogP contribution in [-0.2, 0) is 4.74 Å². The smallest absolute Gasteiger partial charge is 0.339 e. The molecule has 0 aliphatic carbocycles. The van der Waals surface area contributed by atoms with Crippen molar-refractivity contribution < 1.29 is 18.7 Å². The lowest BCUT2D eigenvalue weighted by molar-refractivity contribution is 0.00823. The molecule has 0 N–H and O–H groups in total. The Hall–Kier alpha value is -3.12. The maximum Gasteiger partial charge on any atom is 0.339 e. The summed E-state index contributed by atoms with van der Waals surface area (Å²) in [6.07, 6.45) is 1.83. The molecule has 3 aromatic rings. The van der Waals surface area contributed by atoms with E-state index < -0.39 is 11.7 Å². The Balaban J connectivity index is 1.51. The normalized spacial score (nSPS) is 15.3. The average Bonchev–Trinajstić information content (AvgIpc) is 3.25. The Morgan fingerprint density at radius 2 is 1.76 bits per heavy atom. The van der Waals surface area contributed by atoms with Crippen LogP contribution in [0.15, 0.2) is 69.9 Å². The standard InChI is InChI=1S/C23H23NO5/c25-22-14-21(19-10-4-5-11-20(19)29-22)27-16-18(15-24-12-6-7-13-24)28-23(26)17-8-2-1-3-9-17/h1-5,8-11,14,18H,6-7,12-13,15-16H2. The Labute approximate surface area is 168 Å². The van der Waals surface area contributed by atoms with E-state index in [0.717, 1.165) is 25.9 Å². The molecule has 2 heterocycles. The molecule has 29 heavy (non-hydrogen) atoms. The predicted octanol–water partition coefficient (Wildman–Crippen LogP) is 3.49. The Morgan fingerprint density at radius 3 is 2.55 bits per heavy atom. The second-order valence-corrected chi connectivity index (χ2v) is 7.14. The number of rotatable bonds is 7. The molecule has 1 aliphatic heterocycles. The summed E-state index contributed by atoms with van der Waals surface area (Å²) in [6.45, 7) is 2.72. The van der Waals surface area contributed by atoms with E-state index in [4.69, 9.17) is 13.9 Å². The number of fused-ring (bicyclic) bond motifs is 1. The van der Waals surface area contributed by atoms with Gasteiger partial charge in [-0.25, -0.2) is 9.59 Å². The van der Waals surface area contributed by atoms with Gasteiger partial charge in [0.05, 0.1) is 17.0 Å². The van der Waals surface area contributed by atoms with Crippen molar-refractivity contribution in [3.63, 3.8) is 0 Å². The molecule has 0 amide bonds. The molecule has 1 unspecified atom stereocenters. The Bertz CT molecular complexity index is 1020. The van der Waals surface area contributed by atoms with E-state index in [1.807, 2.05) is 18.2 Å². The van der Waals surface area contributed by atoms with E-state index in [9.17, 15) is 9.59 Å². The maximum atomic E-state index is 12.5. The molecule has 1 saturated heterocycles. The highest BCUT2D eigenvalue weighted by molar-refractivity contribution is 5.89. The summed E-state index contributed by atoms with van der Waals surface area (Å²) in [5.74, 6) is 0.0508. The summed E-state index contributed by atoms with van der Waals surface area (Å²) < 4.78 is 16.9. The molecular weight excluding hydrogens is 370 g/mol. The van der Waals surface area contributed by atoms with Gasteiger partial charge in [-0.2, -0.15) is 0 Å². The summed E-state index contributed by atoms with van der Waals surface area (Å²) in [7, 11) is 0. The molecule has 1 fully saturated rings. The number of ether oxygens (including phenoxy) is 2. The molecule has 0 bridgehead atoms. The van der Waals surface area contributed by atoms with Crippen LogP contribution in [0.3, 0.4) is 0 Å². The highest BCUT2D eigenvalue weighted by Gasteiger charge is 2.23. The van der Waals surface area contributed by atoms with Gasteiger partial charge in [-0.3, -0.25) is 4.90 Å². The molecule has 1 aliphatic rings. The fourth-order valence-electron chi connectivity index (χ4n) is 3.55. The summed E-state index contributed by atoms with van der Waals surface area (Å²) >= 11 is 0. The first-order valence-electron chi connectivity index (χ1n) is 9.83. The first-order valence-corrected chi connectivity index (χ1v) is 9.83. The van der Waals surface area contributed by atoms with E-state index in [1.54, 1.807) is 36.4 Å². The quantitative estimate of drug-likeness (QED) is 0.452. The number of hydrogen-bond donors (Lipinski definition) is 0. The van der Waals surface area contributed by atoms with E-state index in [-0.39, 0.29) is 12.6 Å². The van der Waals surface area contributed by atoms with E-state index in [1.165, 1.54) is 6.07 Å². The van der Waals surface area contributed by atoms with Gasteiger partial charge >= 0.3 is 11.6 Å². The van der Waals surface area contributed by atoms with Crippen molar-refractivity contribution in [3.05, 3.63) is 76.6 Å². The van der Waals surface area contributed by atoms with Gasteiger partial charge in [-0.05, 0) is 50.2 Å². The van der Waals surface area contributed by atoms with Crippen LogP contribution < -0.4 is 10.4 Å². The number of hydrogen-bond acceptors (Lipinski definition) is 6. The van der Waals surface area contributed by atoms with E-state index in [0.29, 0.717) is 28.8 Å². The molecule has 6 heteroatoms. The van der Waals surface area contributed by atoms with Gasteiger partial charge in [0.25, 0.3) is 0 Å². The predicted molar refractivity (Wildman–Crippen MR) is 109 cm³/mol. The number of nitrogens with zero attached hydrogens (tertiary/aromatic N) is 1. The van der Waals surface area contributed by atoms with Gasteiger partial charge in [0.2, 0.25) is 0 Å². The summed E-state index contributed by atoms with van der Waals surface area (Å²) in [6, 6.07) is 17.5. The number of carbonyl (C=O) groups is 1. The van der Waals surface area contributed by atoms with Crippen LogP contribution >= 0.6 is 0 Å². The van der Waals surface area contributed by atoms with Crippen LogP contribution in [0.4, 0.5) is 0 Å². The summed E-state index contributed by atoms with van der Waals surface area (Å²) in [5, 5.41) is 0.710. The zero-order valence-corrected chi connectivity index (χ0v) is 16.1. The lowest BCUT2D eigenvalue weighted by Crippen LogP contribution is -2.37. The first kappa shape index (κ1) is 19.2. The Kier molecular flexibility index (Phi) is 5.91. The molecule has 1 aromatic heterocycles. The largest absolute Gasteiger partial charge is 0.489 e. The number of esters is 1. The molecular formula is C23H23NO5. The second-order valence-electron chi connectivity index (χ2n) is 7.14. The molecule has 2 aromatic carbocycles. The summed E-state index contributed by atoms with van der Waals surface area (Å²) in [5.41, 5.74) is 0.494. The van der Waals surface area contributed by atoms with Crippen molar-refractivity contribution in [1.29, 1.82) is 0 Å². The highest BCUT2D eigenvalue weighted by atomic mass is 16.6. The maximum absolute atomic E-state index is 12.5. The van der Waals surface area contributed by atoms with Crippen LogP contribution in [-0.4, -0.2) is 43.2 Å². The minimum atomic E-state index is -0.476. The summed E-state index contributed by atoms with van der Waals surface area (Å²) in [4.78, 5) is 26.7. The number of likely N-dealkylation sites (tertiary alicyclic amines) is 1. The SMILES string of the molecule is O=C(OC(COc1cc(=O)oc2ccccc12)CN1CCCC1)c1ccccc1. The van der Waals surface area contributed by atoms with Crippen molar-refractivity contribution in [2.45, 2.75) is 18.9 Å². The third kappa shape index (κ3) is 4.84. The van der Waals surface area contributed by atoms with Gasteiger partial charge in [-0.1, -0.05) is 30.3 Å². The van der Waals surface area contributed by atoms with Crippen LogP contribution in [0.2, 0.25) is 0 Å². The lowest BCUT2D eigenvalue weighted by Gasteiger charge is -2.24. The van der Waals surface area contributed by atoms with E-state index >= 15 is 0 Å². The molecule has 0 saturated carbocycles. The number of para-hydroxylation sites is 1. The fourth-order valence-corrected chi connectivity index (χ4v) is 3.55. The van der Waals surface area contributed by atoms with Gasteiger partial charge in [0, 0.05) is 6.54 Å². The monoisotopic (exact) mass is 393 g/mol. The highest BCUT2D eigenvalue weighted by Crippen LogP contribution is 2.24. The Morgan fingerprint density at radius 1 is 1.03 bits per heavy atom. The van der Waals surface area contributed by atoms with Crippen LogP contribution in [0.25, 0.3) is 11.0 Å². The minimum absolute atomic E-state index is 0.155. The van der Waals surface area contributed by atoms with Crippen LogP contribution in [0, 0.1) is 0 Å². The van der Waals surface area contributed by atoms with Crippen molar-refractivity contribution in [2.75, 3.05) is 26.2 Å². The van der Waals surface area contributed by atoms with Crippen LogP contribution in [0.1, 0.15) is 23.2 Å². The third-order valence-electron chi connectivity index (χ3n) is 4.98. The average molecular weight is 393 g/mol. The second kappa shape index (κ2) is 8.92. The van der Waals surface area contributed by atoms with Crippen LogP contribution in [0.5, 0.6) is 5.75 Å². The zero-order chi connectivity index (χ0) is 20.1. The molecule has 6 nitrogen and oxygen atoms in total. The van der Waals surface area contributed by atoms with Crippen molar-refractivity contribution in [1.82, 2.24) is 4.90 Å². The number of carbonyl (C=O) groups excluding carboxylic acids is 1. The lowest BCUT2D eigenvalue weighted by atomic mass is 10.2. The van der Waals surface area contributed by atoms with Crippen molar-refractivity contribution in [2.24, 2.45) is 0 Å². The first-order chi connectivity index (χ1) is 14.2. The molecule has 0 radical (unpaired) electrons. The molecule has 1 atom stereocenters. The zero-order valence-electron chi connectivity index (χ0n) is 16.1. The minimum Gasteiger partial charge on any atom is -0.489 e. The van der Waals surface area contributed by atoms with Gasteiger partial charge in [-0.15, -0.1) is 0 Å². The van der Waals surface area contributed by atoms with Crippen molar-refractivity contribution in [3.8, 4) is 5.75 Å². The topological polar surface area (TPSA) is 69.0 Å². The third-order valence-corrected chi connectivity index (χ3v) is 4.98. The molecule has 150 valence electrons. The fraction of sp³-hybridized carbons (Fsp3) is 0.304. The van der Waals surface area contributed by atoms with Gasteiger partial charge < -0.3 is 13.9 Å². The number of benzene rings is 2. The van der Waals surface area contributed by atoms with Crippen molar-refractivity contribution >= 4 is 16.9 Å². The molecule has 0 spiro atoms.